The molecule has 5 rings (SSSR count). The third-order valence-electron chi connectivity index (χ3n) is 9.09. The van der Waals surface area contributed by atoms with E-state index >= 15 is 0 Å². The molecule has 1 N–H and O–H groups in total. The number of allylic oxidation sites excluding steroid dienone is 4. The van der Waals surface area contributed by atoms with Gasteiger partial charge in [0.1, 0.15) is 6.61 Å². The minimum Gasteiger partial charge on any atom is -0.389 e. The number of ketones is 2. The molecule has 2 saturated carbocycles. The molecule has 4 heteroatoms. The average molecular weight is 434 g/mol. The van der Waals surface area contributed by atoms with Crippen LogP contribution in [0.2, 0.25) is 0 Å². The van der Waals surface area contributed by atoms with Gasteiger partial charge in [0, 0.05) is 38.0 Å². The van der Waals surface area contributed by atoms with Gasteiger partial charge in [0.15, 0.2) is 11.6 Å². The molecule has 1 aromatic carbocycles. The highest BCUT2D eigenvalue weighted by Gasteiger charge is 2.57. The molecule has 4 aliphatic rings. The molecule has 170 valence electrons. The summed E-state index contributed by atoms with van der Waals surface area (Å²) in [7, 11) is 4.12. The summed E-state index contributed by atoms with van der Waals surface area (Å²) in [5, 5.41) is 9.67. The lowest BCUT2D eigenvalue weighted by Crippen LogP contribution is -2.45. The molecule has 4 nitrogen and oxygen atoms in total. The molecule has 4 aliphatic carbocycles. The van der Waals surface area contributed by atoms with Crippen molar-refractivity contribution in [3.63, 3.8) is 0 Å². The Morgan fingerprint density at radius 2 is 1.84 bits per heavy atom. The molecule has 32 heavy (non-hydrogen) atoms. The molecule has 5 atom stereocenters. The zero-order valence-electron chi connectivity index (χ0n) is 19.6. The second-order valence-corrected chi connectivity index (χ2v) is 10.8. The molecule has 2 unspecified atom stereocenters. The van der Waals surface area contributed by atoms with Crippen molar-refractivity contribution < 1.29 is 14.7 Å². The van der Waals surface area contributed by atoms with Crippen molar-refractivity contribution in [1.29, 1.82) is 0 Å². The third-order valence-corrected chi connectivity index (χ3v) is 9.09. The van der Waals surface area contributed by atoms with E-state index < -0.39 is 0 Å². The fourth-order valence-electron chi connectivity index (χ4n) is 7.60. The minimum absolute atomic E-state index is 0.0208. The van der Waals surface area contributed by atoms with Crippen LogP contribution in [-0.2, 0) is 9.59 Å². The molecule has 0 aliphatic heterocycles. The Labute approximate surface area is 191 Å². The van der Waals surface area contributed by atoms with E-state index in [0.717, 1.165) is 38.5 Å². The number of aliphatic hydroxyl groups is 1. The second-order valence-electron chi connectivity index (χ2n) is 10.8. The molecule has 0 bridgehead atoms. The molecule has 0 radical (unpaired) electrons. The fraction of sp³-hybridized carbons (Fsp3) is 0.571. The summed E-state index contributed by atoms with van der Waals surface area (Å²) in [5.41, 5.74) is 6.71. The van der Waals surface area contributed by atoms with Crippen LogP contribution in [0.3, 0.4) is 0 Å². The smallest absolute Gasteiger partial charge is 0.161 e. The van der Waals surface area contributed by atoms with Crippen molar-refractivity contribution in [1.82, 2.24) is 0 Å². The van der Waals surface area contributed by atoms with E-state index in [1.54, 1.807) is 5.57 Å². The quantitative estimate of drug-likeness (QED) is 0.739. The summed E-state index contributed by atoms with van der Waals surface area (Å²) in [4.78, 5) is 27.0. The van der Waals surface area contributed by atoms with Gasteiger partial charge in [-0.2, -0.15) is 0 Å². The Bertz CT molecular complexity index is 1000. The Kier molecular flexibility index (Phi) is 5.40. The highest BCUT2D eigenvalue weighted by Crippen LogP contribution is 2.65. The van der Waals surface area contributed by atoms with E-state index in [2.05, 4.69) is 50.2 Å². The molecule has 0 saturated heterocycles. The van der Waals surface area contributed by atoms with E-state index in [1.165, 1.54) is 22.4 Å². The lowest BCUT2D eigenvalue weighted by Gasteiger charge is -2.52. The van der Waals surface area contributed by atoms with Gasteiger partial charge in [-0.15, -0.1) is 0 Å². The van der Waals surface area contributed by atoms with Crippen LogP contribution in [0.5, 0.6) is 0 Å². The first kappa shape index (κ1) is 21.6. The van der Waals surface area contributed by atoms with E-state index in [9.17, 15) is 14.7 Å². The Morgan fingerprint density at radius 1 is 1.09 bits per heavy atom. The van der Waals surface area contributed by atoms with Gasteiger partial charge in [-0.25, -0.2) is 0 Å². The van der Waals surface area contributed by atoms with Gasteiger partial charge in [-0.3, -0.25) is 9.59 Å². The third kappa shape index (κ3) is 3.30. The molecule has 2 fully saturated rings. The van der Waals surface area contributed by atoms with Crippen LogP contribution in [0.15, 0.2) is 47.1 Å². The van der Waals surface area contributed by atoms with E-state index in [4.69, 9.17) is 0 Å². The topological polar surface area (TPSA) is 57.6 Å². The number of carbonyl (C=O) groups is 2. The van der Waals surface area contributed by atoms with Gasteiger partial charge in [0.25, 0.3) is 0 Å². The van der Waals surface area contributed by atoms with Crippen LogP contribution in [-0.4, -0.2) is 37.4 Å². The zero-order valence-corrected chi connectivity index (χ0v) is 19.6. The van der Waals surface area contributed by atoms with Crippen molar-refractivity contribution in [2.24, 2.45) is 23.2 Å². The molecule has 0 aromatic heterocycles. The van der Waals surface area contributed by atoms with Gasteiger partial charge < -0.3 is 10.0 Å². The number of rotatable bonds is 4. The predicted molar refractivity (Wildman–Crippen MR) is 127 cm³/mol. The number of nitrogens with zero attached hydrogens (tertiary/aromatic N) is 1. The van der Waals surface area contributed by atoms with Crippen molar-refractivity contribution >= 4 is 17.3 Å². The molecular formula is C28H35NO3. The summed E-state index contributed by atoms with van der Waals surface area (Å²) in [6, 6.07) is 8.91. The van der Waals surface area contributed by atoms with E-state index in [-0.39, 0.29) is 35.4 Å². The highest BCUT2D eigenvalue weighted by atomic mass is 16.3. The minimum atomic E-state index is -0.344. The average Bonchev–Trinajstić information content (AvgIpc) is 3.14. The Morgan fingerprint density at radius 3 is 2.53 bits per heavy atom. The number of fused-ring (bicyclic) bond motifs is 4. The number of hydrogen-bond donors (Lipinski definition) is 1. The number of hydrogen-bond acceptors (Lipinski definition) is 4. The van der Waals surface area contributed by atoms with Crippen LogP contribution in [0.1, 0.15) is 63.4 Å². The molecule has 0 amide bonds. The van der Waals surface area contributed by atoms with Crippen molar-refractivity contribution in [3.8, 4) is 0 Å². The van der Waals surface area contributed by atoms with Crippen molar-refractivity contribution in [2.45, 2.75) is 57.8 Å². The van der Waals surface area contributed by atoms with Crippen molar-refractivity contribution in [2.75, 3.05) is 25.6 Å². The Balaban J connectivity index is 1.64. The van der Waals surface area contributed by atoms with Gasteiger partial charge in [0.05, 0.1) is 0 Å². The SMILES string of the molecule is CN(C)c1ccc([C@H]2C[C@@]3(C)C(CC[C@@H]3C(=O)CO)C3CCC4=CC(=O)CCC4=C32)cc1. The molecule has 1 aromatic rings. The zero-order chi connectivity index (χ0) is 22.6. The summed E-state index contributed by atoms with van der Waals surface area (Å²) < 4.78 is 0. The maximum absolute atomic E-state index is 12.7. The van der Waals surface area contributed by atoms with Crippen molar-refractivity contribution in [3.05, 3.63) is 52.6 Å². The molecular weight excluding hydrogens is 398 g/mol. The maximum Gasteiger partial charge on any atom is 0.161 e. The van der Waals surface area contributed by atoms with Crippen LogP contribution in [0, 0.1) is 23.2 Å². The van der Waals surface area contributed by atoms with Gasteiger partial charge in [-0.05, 0) is 90.7 Å². The van der Waals surface area contributed by atoms with Crippen LogP contribution in [0.25, 0.3) is 0 Å². The van der Waals surface area contributed by atoms with Crippen LogP contribution < -0.4 is 4.90 Å². The largest absolute Gasteiger partial charge is 0.389 e. The van der Waals surface area contributed by atoms with Crippen LogP contribution in [0.4, 0.5) is 5.69 Å². The predicted octanol–water partition coefficient (Wildman–Crippen LogP) is 4.83. The summed E-state index contributed by atoms with van der Waals surface area (Å²) in [6.45, 7) is 1.98. The lowest BCUT2D eigenvalue weighted by molar-refractivity contribution is -0.130. The number of Topliss-reactive ketones (excluding diaryl/α,β-unsaturated/α-hetero) is 1. The molecule has 0 heterocycles. The van der Waals surface area contributed by atoms with E-state index in [1.807, 2.05) is 6.08 Å². The first-order valence-electron chi connectivity index (χ1n) is 12.2. The number of benzene rings is 1. The fourth-order valence-corrected chi connectivity index (χ4v) is 7.60. The van der Waals surface area contributed by atoms with Crippen LogP contribution >= 0.6 is 0 Å². The first-order valence-corrected chi connectivity index (χ1v) is 12.2. The first-order chi connectivity index (χ1) is 15.3. The monoisotopic (exact) mass is 433 g/mol. The Hall–Kier alpha value is -2.20. The van der Waals surface area contributed by atoms with E-state index in [0.29, 0.717) is 18.3 Å². The van der Waals surface area contributed by atoms with Gasteiger partial charge >= 0.3 is 0 Å². The van der Waals surface area contributed by atoms with Gasteiger partial charge in [-0.1, -0.05) is 24.6 Å². The standard InChI is InChI=1S/C28H35NO3/c1-28-15-23(17-4-7-19(8-5-17)29(2)3)27-21-11-9-20(31)14-18(21)6-10-22(27)24(28)12-13-25(28)26(32)16-30/h4-5,7-8,14,22-25,30H,6,9-13,15-16H2,1-3H3/t22?,23-,24?,25-,28+/m1/s1. The van der Waals surface area contributed by atoms with Gasteiger partial charge in [0.2, 0.25) is 0 Å². The lowest BCUT2D eigenvalue weighted by atomic mass is 9.51. The number of carbonyl (C=O) groups excluding carboxylic acids is 2. The maximum atomic E-state index is 12.7. The number of aliphatic hydroxyl groups excluding tert-OH is 1. The molecule has 0 spiro atoms. The normalized spacial score (nSPS) is 33.9. The highest BCUT2D eigenvalue weighted by molar-refractivity contribution is 5.93. The number of anilines is 1. The summed E-state index contributed by atoms with van der Waals surface area (Å²) in [5.74, 6) is 1.48. The summed E-state index contributed by atoms with van der Waals surface area (Å²) in [6.07, 6.45) is 8.36. The summed E-state index contributed by atoms with van der Waals surface area (Å²) >= 11 is 0. The second kappa shape index (κ2) is 7.98.